The number of benzene rings is 3. The molecule has 0 N–H and O–H groups in total. The van der Waals surface area contributed by atoms with E-state index in [2.05, 4.69) is 15.9 Å². The summed E-state index contributed by atoms with van der Waals surface area (Å²) < 4.78 is 14.4. The van der Waals surface area contributed by atoms with E-state index in [-0.39, 0.29) is 17.3 Å². The molecule has 6 rings (SSSR count). The number of nitrogens with zero attached hydrogens (tertiary/aromatic N) is 2. The fourth-order valence-corrected chi connectivity index (χ4v) is 5.85. The van der Waals surface area contributed by atoms with Crippen LogP contribution in [0.15, 0.2) is 107 Å². The molecule has 0 aromatic heterocycles. The molecular weight excluding hydrogens is 551 g/mol. The minimum atomic E-state index is -0.972. The maximum Gasteiger partial charge on any atom is 0.240 e. The van der Waals surface area contributed by atoms with Crippen LogP contribution in [0.3, 0.4) is 0 Å². The number of hydrogen-bond donors (Lipinski definition) is 0. The summed E-state index contributed by atoms with van der Waals surface area (Å²) in [6, 6.07) is 19.1. The van der Waals surface area contributed by atoms with Crippen molar-refractivity contribution in [3.63, 3.8) is 0 Å². The standard InChI is InChI=1S/C30H20BrFN2O4/c31-20-8-6-18(7-9-20)28(36)26-25-24(29(37)34(30(25)38)22-12-10-21(32)11-13-22)23-16-19(14-15-33(23)26)27(35)17-4-2-1-3-5-17/h1-16,23-26H/t23-,24+,25-,26+/m0/s1. The number of hydrogen-bond acceptors (Lipinski definition) is 5. The van der Waals surface area contributed by atoms with Crippen LogP contribution < -0.4 is 4.90 Å². The predicted molar refractivity (Wildman–Crippen MR) is 142 cm³/mol. The van der Waals surface area contributed by atoms with Crippen molar-refractivity contribution in [2.75, 3.05) is 4.90 Å². The summed E-state index contributed by atoms with van der Waals surface area (Å²) in [5.74, 6) is -3.87. The molecule has 2 amide bonds. The number of halogens is 2. The molecule has 0 aliphatic carbocycles. The van der Waals surface area contributed by atoms with Crippen LogP contribution in [0, 0.1) is 17.7 Å². The van der Waals surface area contributed by atoms with Crippen molar-refractivity contribution in [2.45, 2.75) is 12.1 Å². The molecule has 4 atom stereocenters. The zero-order valence-corrected chi connectivity index (χ0v) is 21.4. The quantitative estimate of drug-likeness (QED) is 0.320. The number of rotatable bonds is 5. The molecule has 3 heterocycles. The molecule has 0 saturated carbocycles. The van der Waals surface area contributed by atoms with Gasteiger partial charge in [0.1, 0.15) is 11.9 Å². The van der Waals surface area contributed by atoms with Crippen LogP contribution in [0.25, 0.3) is 0 Å². The molecular formula is C30H20BrFN2O4. The first-order valence-electron chi connectivity index (χ1n) is 12.1. The van der Waals surface area contributed by atoms with Gasteiger partial charge in [-0.05, 0) is 42.5 Å². The Bertz CT molecular complexity index is 1530. The Hall–Kier alpha value is -4.17. The third kappa shape index (κ3) is 3.83. The van der Waals surface area contributed by atoms with E-state index in [0.717, 1.165) is 9.37 Å². The average molecular weight is 571 g/mol. The van der Waals surface area contributed by atoms with Crippen molar-refractivity contribution in [1.29, 1.82) is 0 Å². The van der Waals surface area contributed by atoms with Gasteiger partial charge in [0.25, 0.3) is 0 Å². The van der Waals surface area contributed by atoms with Crippen LogP contribution in [-0.4, -0.2) is 40.4 Å². The topological polar surface area (TPSA) is 74.8 Å². The number of fused-ring (bicyclic) bond motifs is 3. The van der Waals surface area contributed by atoms with Gasteiger partial charge in [0, 0.05) is 27.4 Å². The van der Waals surface area contributed by atoms with Gasteiger partial charge in [-0.1, -0.05) is 64.5 Å². The highest BCUT2D eigenvalue weighted by molar-refractivity contribution is 9.10. The van der Waals surface area contributed by atoms with Gasteiger partial charge in [-0.15, -0.1) is 0 Å². The fourth-order valence-electron chi connectivity index (χ4n) is 5.58. The first-order chi connectivity index (χ1) is 18.3. The van der Waals surface area contributed by atoms with E-state index in [1.54, 1.807) is 71.8 Å². The Kier molecular flexibility index (Phi) is 5.91. The van der Waals surface area contributed by atoms with E-state index >= 15 is 0 Å². The van der Waals surface area contributed by atoms with Crippen LogP contribution in [-0.2, 0) is 9.59 Å². The molecule has 0 unspecified atom stereocenters. The Labute approximate surface area is 226 Å². The van der Waals surface area contributed by atoms with Gasteiger partial charge >= 0.3 is 0 Å². The second-order valence-corrected chi connectivity index (χ2v) is 10.3. The van der Waals surface area contributed by atoms with Gasteiger partial charge in [-0.25, -0.2) is 9.29 Å². The lowest BCUT2D eigenvalue weighted by atomic mass is 9.85. The van der Waals surface area contributed by atoms with E-state index in [1.165, 1.54) is 24.3 Å². The minimum absolute atomic E-state index is 0.215. The van der Waals surface area contributed by atoms with Crippen LogP contribution in [0.1, 0.15) is 20.7 Å². The molecule has 0 spiro atoms. The molecule has 3 aliphatic heterocycles. The normalized spacial score (nSPS) is 23.8. The minimum Gasteiger partial charge on any atom is -0.359 e. The van der Waals surface area contributed by atoms with E-state index in [4.69, 9.17) is 0 Å². The van der Waals surface area contributed by atoms with Crippen LogP contribution in [0.5, 0.6) is 0 Å². The Morgan fingerprint density at radius 3 is 2.13 bits per heavy atom. The molecule has 0 bridgehead atoms. The molecule has 2 fully saturated rings. The van der Waals surface area contributed by atoms with E-state index in [1.807, 2.05) is 6.07 Å². The highest BCUT2D eigenvalue weighted by Gasteiger charge is 2.63. The zero-order chi connectivity index (χ0) is 26.6. The highest BCUT2D eigenvalue weighted by atomic mass is 79.9. The number of carbonyl (C=O) groups excluding carboxylic acids is 4. The number of imide groups is 1. The largest absolute Gasteiger partial charge is 0.359 e. The van der Waals surface area contributed by atoms with Crippen molar-refractivity contribution < 1.29 is 23.6 Å². The lowest BCUT2D eigenvalue weighted by Gasteiger charge is -2.32. The van der Waals surface area contributed by atoms with Crippen molar-refractivity contribution in [3.05, 3.63) is 124 Å². The van der Waals surface area contributed by atoms with Gasteiger partial charge in [-0.2, -0.15) is 0 Å². The summed E-state index contributed by atoms with van der Waals surface area (Å²) in [5, 5.41) is 0. The molecule has 188 valence electrons. The lowest BCUT2D eigenvalue weighted by Crippen LogP contribution is -2.46. The molecule has 3 aliphatic rings. The van der Waals surface area contributed by atoms with Gasteiger partial charge in [-0.3, -0.25) is 19.2 Å². The van der Waals surface area contributed by atoms with Gasteiger partial charge in [0.2, 0.25) is 11.8 Å². The summed E-state index contributed by atoms with van der Waals surface area (Å²) in [6.07, 6.45) is 4.95. The highest BCUT2D eigenvalue weighted by Crippen LogP contribution is 2.47. The monoisotopic (exact) mass is 570 g/mol. The van der Waals surface area contributed by atoms with Crippen molar-refractivity contribution in [1.82, 2.24) is 4.90 Å². The maximum atomic E-state index is 13.8. The first kappa shape index (κ1) is 24.2. The third-order valence-electron chi connectivity index (χ3n) is 7.33. The molecule has 38 heavy (non-hydrogen) atoms. The zero-order valence-electron chi connectivity index (χ0n) is 19.8. The number of allylic oxidation sites excluding steroid dienone is 2. The lowest BCUT2D eigenvalue weighted by molar-refractivity contribution is -0.123. The summed E-state index contributed by atoms with van der Waals surface area (Å²) in [4.78, 5) is 57.3. The number of ketones is 2. The summed E-state index contributed by atoms with van der Waals surface area (Å²) in [5.41, 5.74) is 1.53. The van der Waals surface area contributed by atoms with E-state index < -0.39 is 41.6 Å². The number of anilines is 1. The second kappa shape index (κ2) is 9.29. The van der Waals surface area contributed by atoms with E-state index in [9.17, 15) is 23.6 Å². The van der Waals surface area contributed by atoms with Crippen molar-refractivity contribution in [2.24, 2.45) is 11.8 Å². The Morgan fingerprint density at radius 1 is 0.789 bits per heavy atom. The number of carbonyl (C=O) groups is 4. The molecule has 0 radical (unpaired) electrons. The Morgan fingerprint density at radius 2 is 1.45 bits per heavy atom. The maximum absolute atomic E-state index is 13.8. The van der Waals surface area contributed by atoms with Gasteiger partial charge in [0.05, 0.1) is 23.6 Å². The average Bonchev–Trinajstić information content (AvgIpc) is 3.41. The SMILES string of the molecule is O=C(C1=C[C@H]2[C@H]3C(=O)N(c4ccc(F)cc4)C(=O)[C@@H]3[C@H](C(=O)c3ccc(Br)cc3)N2C=C1)c1ccccc1. The Balaban J connectivity index is 1.43. The summed E-state index contributed by atoms with van der Waals surface area (Å²) in [6.45, 7) is 0. The van der Waals surface area contributed by atoms with Crippen LogP contribution in [0.2, 0.25) is 0 Å². The fraction of sp³-hybridized carbons (Fsp3) is 0.133. The molecule has 2 saturated heterocycles. The van der Waals surface area contributed by atoms with Crippen molar-refractivity contribution >= 4 is 45.0 Å². The summed E-state index contributed by atoms with van der Waals surface area (Å²) >= 11 is 3.37. The second-order valence-electron chi connectivity index (χ2n) is 9.43. The molecule has 3 aromatic rings. The van der Waals surface area contributed by atoms with E-state index in [0.29, 0.717) is 16.7 Å². The summed E-state index contributed by atoms with van der Waals surface area (Å²) in [7, 11) is 0. The first-order valence-corrected chi connectivity index (χ1v) is 12.8. The van der Waals surface area contributed by atoms with Crippen LogP contribution >= 0.6 is 15.9 Å². The number of amides is 2. The smallest absolute Gasteiger partial charge is 0.240 e. The number of Topliss-reactive ketones (excluding diaryl/α,β-unsaturated/α-hetero) is 2. The van der Waals surface area contributed by atoms with Crippen molar-refractivity contribution in [3.8, 4) is 0 Å². The third-order valence-corrected chi connectivity index (χ3v) is 7.86. The van der Waals surface area contributed by atoms with Crippen LogP contribution in [0.4, 0.5) is 10.1 Å². The molecule has 6 nitrogen and oxygen atoms in total. The molecule has 3 aromatic carbocycles. The van der Waals surface area contributed by atoms with Gasteiger partial charge in [0.15, 0.2) is 11.6 Å². The predicted octanol–water partition coefficient (Wildman–Crippen LogP) is 4.97. The van der Waals surface area contributed by atoms with Gasteiger partial charge < -0.3 is 4.90 Å². The molecule has 8 heteroatoms.